The van der Waals surface area contributed by atoms with Crippen molar-refractivity contribution in [1.82, 2.24) is 0 Å². The maximum Gasteiger partial charge on any atom is 0.372 e. The minimum absolute atomic E-state index is 0.0268. The highest BCUT2D eigenvalue weighted by atomic mass is 16.5. The van der Waals surface area contributed by atoms with Crippen molar-refractivity contribution in [3.05, 3.63) is 88.2 Å². The molecule has 30 heavy (non-hydrogen) atoms. The lowest BCUT2D eigenvalue weighted by Crippen LogP contribution is -2.12. The van der Waals surface area contributed by atoms with Gasteiger partial charge in [-0.1, -0.05) is 30.3 Å². The van der Waals surface area contributed by atoms with Gasteiger partial charge in [-0.3, -0.25) is 4.79 Å². The van der Waals surface area contributed by atoms with Gasteiger partial charge in [-0.15, -0.1) is 0 Å². The molecule has 8 heteroatoms. The van der Waals surface area contributed by atoms with Gasteiger partial charge in [0.25, 0.3) is 0 Å². The van der Waals surface area contributed by atoms with Crippen LogP contribution in [0.15, 0.2) is 74.3 Å². The zero-order valence-corrected chi connectivity index (χ0v) is 15.3. The van der Waals surface area contributed by atoms with Gasteiger partial charge in [0.05, 0.1) is 10.9 Å². The topological polar surface area (TPSA) is 127 Å². The molecule has 0 saturated heterocycles. The second-order valence-electron chi connectivity index (χ2n) is 6.32. The number of hydrogen-bond donors (Lipinski definition) is 2. The van der Waals surface area contributed by atoms with Gasteiger partial charge in [0.2, 0.25) is 16.9 Å². The van der Waals surface area contributed by atoms with Crippen molar-refractivity contribution >= 4 is 22.9 Å². The molecule has 0 unspecified atom stereocenters. The fourth-order valence-corrected chi connectivity index (χ4v) is 3.01. The smallest absolute Gasteiger partial charge is 0.372 e. The molecule has 0 radical (unpaired) electrons. The minimum atomic E-state index is -1.36. The van der Waals surface area contributed by atoms with E-state index in [4.69, 9.17) is 18.7 Å². The molecular weight excluding hydrogens is 392 g/mol. The number of ether oxygens (including phenoxy) is 1. The van der Waals surface area contributed by atoms with Gasteiger partial charge >= 0.3 is 11.9 Å². The molecule has 0 aliphatic rings. The average Bonchev–Trinajstić information content (AvgIpc) is 3.22. The first-order valence-electron chi connectivity index (χ1n) is 8.78. The van der Waals surface area contributed by atoms with E-state index in [-0.39, 0.29) is 28.9 Å². The van der Waals surface area contributed by atoms with Crippen LogP contribution in [0, 0.1) is 0 Å². The van der Waals surface area contributed by atoms with E-state index in [2.05, 4.69) is 0 Å². The number of furan rings is 1. The van der Waals surface area contributed by atoms with Crippen molar-refractivity contribution < 1.29 is 33.4 Å². The van der Waals surface area contributed by atoms with E-state index in [1.165, 1.54) is 30.3 Å². The van der Waals surface area contributed by atoms with Crippen molar-refractivity contribution in [2.75, 3.05) is 0 Å². The largest absolute Gasteiger partial charge is 0.486 e. The number of benzene rings is 2. The average molecular weight is 406 g/mol. The van der Waals surface area contributed by atoms with Crippen molar-refractivity contribution in [3.63, 3.8) is 0 Å². The maximum absolute atomic E-state index is 13.0. The van der Waals surface area contributed by atoms with Gasteiger partial charge in [-0.25, -0.2) is 9.59 Å². The molecule has 0 spiro atoms. The third-order valence-corrected chi connectivity index (χ3v) is 4.37. The van der Waals surface area contributed by atoms with Crippen molar-refractivity contribution in [3.8, 4) is 16.9 Å². The van der Waals surface area contributed by atoms with Gasteiger partial charge in [-0.05, 0) is 29.8 Å². The van der Waals surface area contributed by atoms with Crippen LogP contribution in [-0.2, 0) is 6.61 Å². The SMILES string of the molecule is O=C(O)c1ccc(COc2ccc3c(=O)c(-c4ccccc4)c(C(=O)O)oc3c2)o1. The summed E-state index contributed by atoms with van der Waals surface area (Å²) >= 11 is 0. The highest BCUT2D eigenvalue weighted by Crippen LogP contribution is 2.27. The van der Waals surface area contributed by atoms with Crippen LogP contribution < -0.4 is 10.2 Å². The molecule has 2 N–H and O–H groups in total. The predicted molar refractivity (Wildman–Crippen MR) is 105 cm³/mol. The fraction of sp³-hybridized carbons (Fsp3) is 0.0455. The van der Waals surface area contributed by atoms with Crippen molar-refractivity contribution in [2.45, 2.75) is 6.61 Å². The summed E-state index contributed by atoms with van der Waals surface area (Å²) in [4.78, 5) is 35.6. The monoisotopic (exact) mass is 406 g/mol. The first kappa shape index (κ1) is 19.0. The second kappa shape index (κ2) is 7.59. The summed E-state index contributed by atoms with van der Waals surface area (Å²) in [5.41, 5.74) is 0.00256. The van der Waals surface area contributed by atoms with E-state index in [1.807, 2.05) is 0 Å². The van der Waals surface area contributed by atoms with E-state index in [9.17, 15) is 19.5 Å². The summed E-state index contributed by atoms with van der Waals surface area (Å²) in [5.74, 6) is -2.65. The molecule has 150 valence electrons. The molecule has 4 rings (SSSR count). The Kier molecular flexibility index (Phi) is 4.81. The van der Waals surface area contributed by atoms with E-state index in [1.54, 1.807) is 30.3 Å². The lowest BCUT2D eigenvalue weighted by molar-refractivity contribution is 0.0650. The minimum Gasteiger partial charge on any atom is -0.486 e. The quantitative estimate of drug-likeness (QED) is 0.491. The molecule has 0 bridgehead atoms. The molecule has 8 nitrogen and oxygen atoms in total. The summed E-state index contributed by atoms with van der Waals surface area (Å²) in [6.45, 7) is -0.0586. The summed E-state index contributed by atoms with van der Waals surface area (Å²) in [6.07, 6.45) is 0. The Morgan fingerprint density at radius 1 is 0.900 bits per heavy atom. The molecule has 0 aliphatic carbocycles. The standard InChI is InChI=1S/C22H14O8/c23-19-15-8-6-13(28-11-14-7-9-16(29-14)21(24)25)10-17(15)30-20(22(26)27)18(19)12-4-2-1-3-5-12/h1-10H,11H2,(H,24,25)(H,26,27). The molecule has 0 atom stereocenters. The first-order valence-corrected chi connectivity index (χ1v) is 8.78. The molecule has 0 saturated carbocycles. The second-order valence-corrected chi connectivity index (χ2v) is 6.32. The zero-order chi connectivity index (χ0) is 21.3. The Morgan fingerprint density at radius 3 is 2.33 bits per heavy atom. The third kappa shape index (κ3) is 3.53. The molecular formula is C22H14O8. The molecule has 2 aromatic heterocycles. The van der Waals surface area contributed by atoms with Crippen LogP contribution in [0.25, 0.3) is 22.1 Å². The predicted octanol–water partition coefficient (Wildman–Crippen LogP) is 4.03. The van der Waals surface area contributed by atoms with Crippen molar-refractivity contribution in [2.24, 2.45) is 0 Å². The number of carbonyl (C=O) groups is 2. The van der Waals surface area contributed by atoms with Crippen LogP contribution in [0.2, 0.25) is 0 Å². The van der Waals surface area contributed by atoms with Gasteiger partial charge in [0, 0.05) is 6.07 Å². The first-order chi connectivity index (χ1) is 14.4. The molecule has 0 amide bonds. The van der Waals surface area contributed by atoms with Gasteiger partial charge in [-0.2, -0.15) is 0 Å². The highest BCUT2D eigenvalue weighted by Gasteiger charge is 2.21. The van der Waals surface area contributed by atoms with Crippen LogP contribution in [0.1, 0.15) is 26.9 Å². The van der Waals surface area contributed by atoms with E-state index in [0.717, 1.165) is 0 Å². The lowest BCUT2D eigenvalue weighted by Gasteiger charge is -2.09. The van der Waals surface area contributed by atoms with Gasteiger partial charge < -0.3 is 23.8 Å². The Labute approximate surface area is 168 Å². The van der Waals surface area contributed by atoms with Crippen LogP contribution >= 0.6 is 0 Å². The lowest BCUT2D eigenvalue weighted by atomic mass is 10.0. The fourth-order valence-electron chi connectivity index (χ4n) is 3.01. The Morgan fingerprint density at radius 2 is 1.67 bits per heavy atom. The number of carboxylic acids is 2. The molecule has 2 heterocycles. The highest BCUT2D eigenvalue weighted by molar-refractivity contribution is 5.96. The van der Waals surface area contributed by atoms with Crippen LogP contribution in [0.4, 0.5) is 0 Å². The summed E-state index contributed by atoms with van der Waals surface area (Å²) in [6, 6.07) is 15.6. The van der Waals surface area contributed by atoms with Gasteiger partial charge in [0.1, 0.15) is 23.7 Å². The number of rotatable bonds is 6. The zero-order valence-electron chi connectivity index (χ0n) is 15.3. The van der Waals surface area contributed by atoms with Crippen LogP contribution in [-0.4, -0.2) is 22.2 Å². The molecule has 2 aromatic carbocycles. The third-order valence-electron chi connectivity index (χ3n) is 4.37. The molecule has 4 aromatic rings. The maximum atomic E-state index is 13.0. The number of fused-ring (bicyclic) bond motifs is 1. The number of aromatic carboxylic acids is 2. The normalized spacial score (nSPS) is 10.8. The van der Waals surface area contributed by atoms with Crippen LogP contribution in [0.5, 0.6) is 5.75 Å². The summed E-state index contributed by atoms with van der Waals surface area (Å²) in [7, 11) is 0. The van der Waals surface area contributed by atoms with Crippen LogP contribution in [0.3, 0.4) is 0 Å². The molecule has 0 aliphatic heterocycles. The number of hydrogen-bond acceptors (Lipinski definition) is 6. The Hall–Kier alpha value is -4.33. The van der Waals surface area contributed by atoms with Gasteiger partial charge in [0.15, 0.2) is 0 Å². The Bertz CT molecular complexity index is 1310. The molecule has 0 fully saturated rings. The number of carboxylic acid groups (broad SMARTS) is 2. The van der Waals surface area contributed by atoms with E-state index in [0.29, 0.717) is 17.1 Å². The Balaban J connectivity index is 1.71. The summed E-state index contributed by atoms with van der Waals surface area (Å²) in [5, 5.41) is 18.6. The van der Waals surface area contributed by atoms with E-state index >= 15 is 0 Å². The van der Waals surface area contributed by atoms with E-state index < -0.39 is 23.1 Å². The van der Waals surface area contributed by atoms with Crippen molar-refractivity contribution in [1.29, 1.82) is 0 Å². The summed E-state index contributed by atoms with van der Waals surface area (Å²) < 4.78 is 16.2.